The number of benzene rings is 2. The maximum absolute atomic E-state index is 11.9. The molecule has 3 rings (SSSR count). The van der Waals surface area contributed by atoms with Gasteiger partial charge in [-0.15, -0.1) is 0 Å². The molecule has 1 aliphatic carbocycles. The summed E-state index contributed by atoms with van der Waals surface area (Å²) in [6, 6.07) is 14.0. The number of amides is 1. The number of anilines is 1. The third-order valence-corrected chi connectivity index (χ3v) is 3.79. The van der Waals surface area contributed by atoms with Gasteiger partial charge in [0.25, 0.3) is 0 Å². The van der Waals surface area contributed by atoms with E-state index in [0.29, 0.717) is 0 Å². The zero-order valence-corrected chi connectivity index (χ0v) is 11.5. The minimum atomic E-state index is -0.0767. The van der Waals surface area contributed by atoms with Crippen molar-refractivity contribution in [1.29, 1.82) is 0 Å². The highest BCUT2D eigenvalue weighted by Gasteiger charge is 2.16. The van der Waals surface area contributed by atoms with E-state index in [1.165, 1.54) is 18.2 Å². The van der Waals surface area contributed by atoms with Crippen LogP contribution >= 0.6 is 0 Å². The molecular weight excluding hydrogens is 250 g/mol. The molecule has 1 saturated carbocycles. The maximum Gasteiger partial charge on any atom is 0.250 e. The Morgan fingerprint density at radius 2 is 1.85 bits per heavy atom. The van der Waals surface area contributed by atoms with E-state index in [1.54, 1.807) is 0 Å². The second-order valence-electron chi connectivity index (χ2n) is 5.33. The van der Waals surface area contributed by atoms with Crippen molar-refractivity contribution in [3.63, 3.8) is 0 Å². The molecule has 1 aliphatic rings. The largest absolute Gasteiger partial charge is 0.368 e. The standard InChI is InChI=1S/C17H19NO2/c19-17(12-20-16-7-3-4-8-16)18-15-10-9-13-5-1-2-6-14(13)11-15/h1-2,5-6,9-11,16H,3-4,7-8,12H2,(H,18,19). The lowest BCUT2D eigenvalue weighted by atomic mass is 10.1. The number of hydrogen-bond donors (Lipinski definition) is 1. The molecule has 104 valence electrons. The minimum absolute atomic E-state index is 0.0767. The van der Waals surface area contributed by atoms with E-state index in [4.69, 9.17) is 4.74 Å². The van der Waals surface area contributed by atoms with Gasteiger partial charge in [-0.2, -0.15) is 0 Å². The van der Waals surface area contributed by atoms with E-state index in [9.17, 15) is 4.79 Å². The molecule has 0 aliphatic heterocycles. The molecule has 1 amide bonds. The number of carbonyl (C=O) groups excluding carboxylic acids is 1. The second-order valence-corrected chi connectivity index (χ2v) is 5.33. The Morgan fingerprint density at radius 3 is 2.65 bits per heavy atom. The monoisotopic (exact) mass is 269 g/mol. The molecule has 0 radical (unpaired) electrons. The SMILES string of the molecule is O=C(COC1CCCC1)Nc1ccc2ccccc2c1. The predicted octanol–water partition coefficient (Wildman–Crippen LogP) is 3.74. The van der Waals surface area contributed by atoms with Crippen LogP contribution in [0.5, 0.6) is 0 Å². The molecule has 0 spiro atoms. The molecule has 0 atom stereocenters. The summed E-state index contributed by atoms with van der Waals surface area (Å²) in [6.45, 7) is 0.150. The third kappa shape index (κ3) is 3.17. The van der Waals surface area contributed by atoms with E-state index < -0.39 is 0 Å². The molecule has 2 aromatic carbocycles. The second kappa shape index (κ2) is 6.06. The average Bonchev–Trinajstić information content (AvgIpc) is 2.98. The van der Waals surface area contributed by atoms with E-state index in [0.717, 1.165) is 23.9 Å². The summed E-state index contributed by atoms with van der Waals surface area (Å²) in [5.41, 5.74) is 0.823. The van der Waals surface area contributed by atoms with Gasteiger partial charge in [-0.25, -0.2) is 0 Å². The topological polar surface area (TPSA) is 38.3 Å². The van der Waals surface area contributed by atoms with Gasteiger partial charge >= 0.3 is 0 Å². The third-order valence-electron chi connectivity index (χ3n) is 3.79. The van der Waals surface area contributed by atoms with Crippen molar-refractivity contribution in [2.24, 2.45) is 0 Å². The van der Waals surface area contributed by atoms with Crippen LogP contribution in [0.15, 0.2) is 42.5 Å². The average molecular weight is 269 g/mol. The fourth-order valence-corrected chi connectivity index (χ4v) is 2.71. The highest BCUT2D eigenvalue weighted by molar-refractivity contribution is 5.95. The van der Waals surface area contributed by atoms with Crippen LogP contribution in [-0.4, -0.2) is 18.6 Å². The normalized spacial score (nSPS) is 15.6. The van der Waals surface area contributed by atoms with Crippen LogP contribution in [0.4, 0.5) is 5.69 Å². The first-order valence-electron chi connectivity index (χ1n) is 7.21. The molecule has 2 aromatic rings. The summed E-state index contributed by atoms with van der Waals surface area (Å²) >= 11 is 0. The van der Waals surface area contributed by atoms with Gasteiger partial charge < -0.3 is 10.1 Å². The predicted molar refractivity (Wildman–Crippen MR) is 80.8 cm³/mol. The van der Waals surface area contributed by atoms with Crippen molar-refractivity contribution >= 4 is 22.4 Å². The summed E-state index contributed by atoms with van der Waals surface area (Å²) in [4.78, 5) is 11.9. The Morgan fingerprint density at radius 1 is 1.10 bits per heavy atom. The number of hydrogen-bond acceptors (Lipinski definition) is 2. The fraction of sp³-hybridized carbons (Fsp3) is 0.353. The van der Waals surface area contributed by atoms with Crippen LogP contribution in [0, 0.1) is 0 Å². The molecule has 3 heteroatoms. The summed E-state index contributed by atoms with van der Waals surface area (Å²) in [5, 5.41) is 5.19. The van der Waals surface area contributed by atoms with Crippen LogP contribution in [0.2, 0.25) is 0 Å². The summed E-state index contributed by atoms with van der Waals surface area (Å²) in [5.74, 6) is -0.0767. The quantitative estimate of drug-likeness (QED) is 0.918. The molecular formula is C17H19NO2. The van der Waals surface area contributed by atoms with E-state index in [-0.39, 0.29) is 18.6 Å². The molecule has 0 bridgehead atoms. The lowest BCUT2D eigenvalue weighted by Crippen LogP contribution is -2.21. The van der Waals surface area contributed by atoms with Gasteiger partial charge in [0.05, 0.1) is 6.10 Å². The van der Waals surface area contributed by atoms with Crippen LogP contribution in [0.1, 0.15) is 25.7 Å². The van der Waals surface area contributed by atoms with Crippen LogP contribution in [-0.2, 0) is 9.53 Å². The number of ether oxygens (including phenoxy) is 1. The first-order valence-corrected chi connectivity index (χ1v) is 7.21. The molecule has 20 heavy (non-hydrogen) atoms. The Bertz CT molecular complexity index is 603. The zero-order chi connectivity index (χ0) is 13.8. The molecule has 1 N–H and O–H groups in total. The van der Waals surface area contributed by atoms with Gasteiger partial charge in [-0.05, 0) is 35.7 Å². The minimum Gasteiger partial charge on any atom is -0.368 e. The van der Waals surface area contributed by atoms with Gasteiger partial charge in [0.2, 0.25) is 5.91 Å². The number of rotatable bonds is 4. The summed E-state index contributed by atoms with van der Waals surface area (Å²) in [6.07, 6.45) is 4.89. The van der Waals surface area contributed by atoms with Crippen LogP contribution in [0.3, 0.4) is 0 Å². The van der Waals surface area contributed by atoms with Crippen molar-refractivity contribution in [1.82, 2.24) is 0 Å². The Hall–Kier alpha value is -1.87. The van der Waals surface area contributed by atoms with E-state index in [2.05, 4.69) is 11.4 Å². The first-order chi connectivity index (χ1) is 9.81. The maximum atomic E-state index is 11.9. The highest BCUT2D eigenvalue weighted by Crippen LogP contribution is 2.21. The number of carbonyl (C=O) groups is 1. The zero-order valence-electron chi connectivity index (χ0n) is 11.5. The molecule has 3 nitrogen and oxygen atoms in total. The molecule has 0 heterocycles. The Labute approximate surface area is 118 Å². The molecule has 0 saturated heterocycles. The van der Waals surface area contributed by atoms with E-state index >= 15 is 0 Å². The smallest absolute Gasteiger partial charge is 0.250 e. The summed E-state index contributed by atoms with van der Waals surface area (Å²) < 4.78 is 5.61. The van der Waals surface area contributed by atoms with Crippen LogP contribution < -0.4 is 5.32 Å². The van der Waals surface area contributed by atoms with Crippen molar-refractivity contribution in [3.8, 4) is 0 Å². The van der Waals surface area contributed by atoms with Gasteiger partial charge in [0.1, 0.15) is 6.61 Å². The Balaban J connectivity index is 1.59. The Kier molecular flexibility index (Phi) is 3.97. The lowest BCUT2D eigenvalue weighted by Gasteiger charge is -2.11. The molecule has 0 aromatic heterocycles. The van der Waals surface area contributed by atoms with E-state index in [1.807, 2.05) is 36.4 Å². The lowest BCUT2D eigenvalue weighted by molar-refractivity contribution is -0.122. The van der Waals surface area contributed by atoms with Crippen molar-refractivity contribution in [2.45, 2.75) is 31.8 Å². The summed E-state index contributed by atoms with van der Waals surface area (Å²) in [7, 11) is 0. The van der Waals surface area contributed by atoms with Crippen molar-refractivity contribution in [3.05, 3.63) is 42.5 Å². The van der Waals surface area contributed by atoms with Gasteiger partial charge in [0.15, 0.2) is 0 Å². The number of nitrogens with one attached hydrogen (secondary N) is 1. The molecule has 0 unspecified atom stereocenters. The van der Waals surface area contributed by atoms with Crippen molar-refractivity contribution in [2.75, 3.05) is 11.9 Å². The molecule has 1 fully saturated rings. The fourth-order valence-electron chi connectivity index (χ4n) is 2.71. The van der Waals surface area contributed by atoms with Gasteiger partial charge in [0, 0.05) is 5.69 Å². The van der Waals surface area contributed by atoms with Crippen molar-refractivity contribution < 1.29 is 9.53 Å². The van der Waals surface area contributed by atoms with Crippen LogP contribution in [0.25, 0.3) is 10.8 Å². The highest BCUT2D eigenvalue weighted by atomic mass is 16.5. The first kappa shape index (κ1) is 13.1. The number of fused-ring (bicyclic) bond motifs is 1. The van der Waals surface area contributed by atoms with Gasteiger partial charge in [-0.1, -0.05) is 43.2 Å². The van der Waals surface area contributed by atoms with Gasteiger partial charge in [-0.3, -0.25) is 4.79 Å².